The molecule has 0 spiro atoms. The molecule has 0 aliphatic rings. The van der Waals surface area contributed by atoms with Gasteiger partial charge in [0.1, 0.15) is 5.01 Å². The second kappa shape index (κ2) is 6.95. The Balaban J connectivity index is 2.45. The molecule has 2 amide bonds. The minimum absolute atomic E-state index is 0.0958. The lowest BCUT2D eigenvalue weighted by Gasteiger charge is -2.17. The van der Waals surface area contributed by atoms with Crippen molar-refractivity contribution in [3.63, 3.8) is 0 Å². The van der Waals surface area contributed by atoms with E-state index >= 15 is 0 Å². The standard InChI is InChI=1S/C11H17N3O3S/c1-3-8(10-12-4-5-18-10)14-11(17)13-7(2)6-9(15)16/h4-5,7-8H,3,6H2,1-2H3,(H,15,16)(H2,13,14,17). The summed E-state index contributed by atoms with van der Waals surface area (Å²) >= 11 is 1.48. The number of nitrogens with one attached hydrogen (secondary N) is 2. The van der Waals surface area contributed by atoms with Crippen LogP contribution in [0.2, 0.25) is 0 Å². The first-order chi connectivity index (χ1) is 8.52. The summed E-state index contributed by atoms with van der Waals surface area (Å²) in [6, 6.07) is -0.913. The second-order valence-corrected chi connectivity index (χ2v) is 4.87. The number of aliphatic carboxylic acids is 1. The first-order valence-corrected chi connectivity index (χ1v) is 6.59. The Morgan fingerprint density at radius 1 is 1.50 bits per heavy atom. The Hall–Kier alpha value is -1.63. The van der Waals surface area contributed by atoms with Crippen LogP contribution in [0.15, 0.2) is 11.6 Å². The number of rotatable bonds is 6. The third kappa shape index (κ3) is 4.70. The summed E-state index contributed by atoms with van der Waals surface area (Å²) in [7, 11) is 0. The highest BCUT2D eigenvalue weighted by atomic mass is 32.1. The molecule has 0 saturated heterocycles. The molecule has 1 heterocycles. The van der Waals surface area contributed by atoms with Gasteiger partial charge in [-0.05, 0) is 13.3 Å². The number of amides is 2. The Kier molecular flexibility index (Phi) is 5.57. The molecule has 3 N–H and O–H groups in total. The summed E-state index contributed by atoms with van der Waals surface area (Å²) in [6.07, 6.45) is 2.32. The summed E-state index contributed by atoms with van der Waals surface area (Å²) in [5.41, 5.74) is 0. The van der Waals surface area contributed by atoms with Gasteiger partial charge < -0.3 is 15.7 Å². The van der Waals surface area contributed by atoms with Gasteiger partial charge in [0.15, 0.2) is 0 Å². The molecule has 0 aliphatic heterocycles. The quantitative estimate of drug-likeness (QED) is 0.735. The molecular weight excluding hydrogens is 254 g/mol. The van der Waals surface area contributed by atoms with E-state index < -0.39 is 12.0 Å². The van der Waals surface area contributed by atoms with E-state index in [9.17, 15) is 9.59 Å². The van der Waals surface area contributed by atoms with Gasteiger partial charge in [0, 0.05) is 17.6 Å². The highest BCUT2D eigenvalue weighted by Gasteiger charge is 2.16. The molecule has 6 nitrogen and oxygen atoms in total. The smallest absolute Gasteiger partial charge is 0.315 e. The van der Waals surface area contributed by atoms with Crippen molar-refractivity contribution in [1.29, 1.82) is 0 Å². The Bertz CT molecular complexity index is 394. The maximum atomic E-state index is 11.7. The highest BCUT2D eigenvalue weighted by Crippen LogP contribution is 2.18. The highest BCUT2D eigenvalue weighted by molar-refractivity contribution is 7.09. The van der Waals surface area contributed by atoms with Gasteiger partial charge in [-0.25, -0.2) is 9.78 Å². The molecule has 0 aliphatic carbocycles. The fraction of sp³-hybridized carbons (Fsp3) is 0.545. The van der Waals surface area contributed by atoms with Gasteiger partial charge in [0.05, 0.1) is 12.5 Å². The van der Waals surface area contributed by atoms with Crippen LogP contribution >= 0.6 is 11.3 Å². The molecule has 0 fully saturated rings. The van der Waals surface area contributed by atoms with Crippen LogP contribution < -0.4 is 10.6 Å². The normalized spacial score (nSPS) is 13.7. The Labute approximate surface area is 109 Å². The number of aromatic nitrogens is 1. The van der Waals surface area contributed by atoms with Crippen LogP contribution in [0.25, 0.3) is 0 Å². The largest absolute Gasteiger partial charge is 0.481 e. The molecule has 100 valence electrons. The fourth-order valence-corrected chi connectivity index (χ4v) is 2.25. The van der Waals surface area contributed by atoms with Crippen LogP contribution in [0, 0.1) is 0 Å². The zero-order chi connectivity index (χ0) is 13.5. The number of carboxylic acid groups (broad SMARTS) is 1. The zero-order valence-corrected chi connectivity index (χ0v) is 11.2. The fourth-order valence-electron chi connectivity index (χ4n) is 1.48. The third-order valence-corrected chi connectivity index (χ3v) is 3.21. The van der Waals surface area contributed by atoms with Crippen LogP contribution in [-0.2, 0) is 4.79 Å². The third-order valence-electron chi connectivity index (χ3n) is 2.32. The molecule has 7 heteroatoms. The molecule has 0 radical (unpaired) electrons. The Morgan fingerprint density at radius 2 is 2.22 bits per heavy atom. The minimum atomic E-state index is -0.935. The predicted octanol–water partition coefficient (Wildman–Crippen LogP) is 1.76. The lowest BCUT2D eigenvalue weighted by atomic mass is 10.2. The maximum Gasteiger partial charge on any atom is 0.315 e. The zero-order valence-electron chi connectivity index (χ0n) is 10.3. The molecule has 18 heavy (non-hydrogen) atoms. The number of hydrogen-bond donors (Lipinski definition) is 3. The van der Waals surface area contributed by atoms with E-state index in [1.165, 1.54) is 11.3 Å². The van der Waals surface area contributed by atoms with Crippen molar-refractivity contribution < 1.29 is 14.7 Å². The number of urea groups is 1. The molecule has 1 rings (SSSR count). The first-order valence-electron chi connectivity index (χ1n) is 5.71. The van der Waals surface area contributed by atoms with Gasteiger partial charge in [-0.2, -0.15) is 0 Å². The molecule has 1 aromatic rings. The van der Waals surface area contributed by atoms with Crippen molar-refractivity contribution >= 4 is 23.3 Å². The summed E-state index contributed by atoms with van der Waals surface area (Å²) < 4.78 is 0. The Morgan fingerprint density at radius 3 is 2.72 bits per heavy atom. The average Bonchev–Trinajstić information content (AvgIpc) is 2.77. The molecule has 0 aromatic carbocycles. The van der Waals surface area contributed by atoms with Crippen molar-refractivity contribution in [3.8, 4) is 0 Å². The lowest BCUT2D eigenvalue weighted by Crippen LogP contribution is -2.43. The summed E-state index contributed by atoms with van der Waals surface area (Å²) in [4.78, 5) is 26.3. The SMILES string of the molecule is CCC(NC(=O)NC(C)CC(=O)O)c1nccs1. The first kappa shape index (κ1) is 14.4. The topological polar surface area (TPSA) is 91.3 Å². The summed E-state index contributed by atoms with van der Waals surface area (Å²) in [6.45, 7) is 3.60. The second-order valence-electron chi connectivity index (χ2n) is 3.95. The number of nitrogens with zero attached hydrogens (tertiary/aromatic N) is 1. The monoisotopic (exact) mass is 271 g/mol. The van der Waals surface area contributed by atoms with Crippen molar-refractivity contribution in [1.82, 2.24) is 15.6 Å². The van der Waals surface area contributed by atoms with E-state index in [0.717, 1.165) is 11.4 Å². The number of carbonyl (C=O) groups is 2. The van der Waals surface area contributed by atoms with Gasteiger partial charge in [-0.1, -0.05) is 6.92 Å². The molecule has 0 bridgehead atoms. The minimum Gasteiger partial charge on any atom is -0.481 e. The molecule has 0 saturated carbocycles. The van der Waals surface area contributed by atoms with Gasteiger partial charge in [-0.3, -0.25) is 4.79 Å². The number of carbonyl (C=O) groups excluding carboxylic acids is 1. The van der Waals surface area contributed by atoms with Crippen molar-refractivity contribution in [2.24, 2.45) is 0 Å². The van der Waals surface area contributed by atoms with Crippen LogP contribution in [0.3, 0.4) is 0 Å². The average molecular weight is 271 g/mol. The van der Waals surface area contributed by atoms with E-state index in [2.05, 4.69) is 15.6 Å². The van der Waals surface area contributed by atoms with E-state index in [0.29, 0.717) is 0 Å². The van der Waals surface area contributed by atoms with E-state index in [1.807, 2.05) is 12.3 Å². The number of hydrogen-bond acceptors (Lipinski definition) is 4. The van der Waals surface area contributed by atoms with E-state index in [-0.39, 0.29) is 18.5 Å². The molecular formula is C11H17N3O3S. The maximum absolute atomic E-state index is 11.7. The van der Waals surface area contributed by atoms with Gasteiger partial charge in [0.25, 0.3) is 0 Å². The molecule has 1 aromatic heterocycles. The summed E-state index contributed by atoms with van der Waals surface area (Å²) in [5, 5.41) is 16.7. The van der Waals surface area contributed by atoms with Crippen molar-refractivity contribution in [2.45, 2.75) is 38.8 Å². The van der Waals surface area contributed by atoms with E-state index in [4.69, 9.17) is 5.11 Å². The summed E-state index contributed by atoms with van der Waals surface area (Å²) in [5.74, 6) is -0.935. The lowest BCUT2D eigenvalue weighted by molar-refractivity contribution is -0.137. The van der Waals surface area contributed by atoms with E-state index in [1.54, 1.807) is 13.1 Å². The van der Waals surface area contributed by atoms with Gasteiger partial charge in [0.2, 0.25) is 0 Å². The van der Waals surface area contributed by atoms with Crippen LogP contribution in [0.1, 0.15) is 37.7 Å². The predicted molar refractivity (Wildman–Crippen MR) is 68.5 cm³/mol. The van der Waals surface area contributed by atoms with Gasteiger partial charge >= 0.3 is 12.0 Å². The van der Waals surface area contributed by atoms with Crippen LogP contribution in [0.5, 0.6) is 0 Å². The van der Waals surface area contributed by atoms with Crippen LogP contribution in [-0.4, -0.2) is 28.1 Å². The van der Waals surface area contributed by atoms with Crippen molar-refractivity contribution in [3.05, 3.63) is 16.6 Å². The van der Waals surface area contributed by atoms with Crippen LogP contribution in [0.4, 0.5) is 4.79 Å². The molecule has 2 unspecified atom stereocenters. The van der Waals surface area contributed by atoms with Crippen molar-refractivity contribution in [2.75, 3.05) is 0 Å². The number of thiazole rings is 1. The molecule has 2 atom stereocenters. The number of carboxylic acids is 1. The van der Waals surface area contributed by atoms with Gasteiger partial charge in [-0.15, -0.1) is 11.3 Å².